The molecule has 0 spiro atoms. The first-order valence-electron chi connectivity index (χ1n) is 10.7. The van der Waals surface area contributed by atoms with Crippen molar-refractivity contribution < 1.29 is 14.3 Å². The molecule has 2 unspecified atom stereocenters. The summed E-state index contributed by atoms with van der Waals surface area (Å²) in [5, 5.41) is 10.7. The summed E-state index contributed by atoms with van der Waals surface area (Å²) >= 11 is 0. The lowest BCUT2D eigenvalue weighted by Crippen LogP contribution is -2.51. The van der Waals surface area contributed by atoms with Crippen LogP contribution in [0, 0.1) is 34.9 Å². The van der Waals surface area contributed by atoms with Crippen LogP contribution in [0.2, 0.25) is 0 Å². The minimum atomic E-state index is -0.351. The van der Waals surface area contributed by atoms with Gasteiger partial charge >= 0.3 is 0 Å². The Morgan fingerprint density at radius 1 is 1.10 bits per heavy atom. The second kappa shape index (κ2) is 8.20. The maximum atomic E-state index is 13.3. The zero-order valence-electron chi connectivity index (χ0n) is 17.5. The molecule has 2 aromatic carbocycles. The van der Waals surface area contributed by atoms with Crippen LogP contribution in [0.15, 0.2) is 54.1 Å². The lowest BCUT2D eigenvalue weighted by Gasteiger charge is -2.51. The minimum absolute atomic E-state index is 0.0543. The number of benzene rings is 2. The average Bonchev–Trinajstić information content (AvgIpc) is 2.73. The van der Waals surface area contributed by atoms with Gasteiger partial charge in [-0.15, -0.1) is 0 Å². The predicted octanol–water partition coefficient (Wildman–Crippen LogP) is 5.39. The molecular formula is C27H27FO2. The highest BCUT2D eigenvalue weighted by Crippen LogP contribution is 2.53. The highest BCUT2D eigenvalue weighted by Gasteiger charge is 2.51. The molecule has 0 aromatic heterocycles. The second-order valence-corrected chi connectivity index (χ2v) is 8.94. The maximum absolute atomic E-state index is 13.3. The normalized spacial score (nSPS) is 29.8. The van der Waals surface area contributed by atoms with Gasteiger partial charge in [-0.05, 0) is 72.7 Å². The molecule has 0 saturated heterocycles. The third kappa shape index (κ3) is 3.98. The molecule has 4 atom stereocenters. The Kier molecular flexibility index (Phi) is 5.62. The molecule has 2 saturated carbocycles. The van der Waals surface area contributed by atoms with Crippen LogP contribution < -0.4 is 0 Å². The Morgan fingerprint density at radius 3 is 2.57 bits per heavy atom. The lowest BCUT2D eigenvalue weighted by molar-refractivity contribution is -0.133. The summed E-state index contributed by atoms with van der Waals surface area (Å²) in [4.78, 5) is 13.0. The van der Waals surface area contributed by atoms with Gasteiger partial charge in [0.05, 0.1) is 6.10 Å². The number of rotatable bonds is 1. The van der Waals surface area contributed by atoms with Gasteiger partial charge in [-0.25, -0.2) is 4.39 Å². The van der Waals surface area contributed by atoms with E-state index in [-0.39, 0.29) is 35.0 Å². The van der Waals surface area contributed by atoms with Gasteiger partial charge in [-0.3, -0.25) is 4.79 Å². The van der Waals surface area contributed by atoms with Crippen LogP contribution in [0.4, 0.5) is 4.39 Å². The van der Waals surface area contributed by atoms with Gasteiger partial charge in [0.2, 0.25) is 0 Å². The van der Waals surface area contributed by atoms with E-state index in [1.54, 1.807) is 12.1 Å². The Morgan fingerprint density at radius 2 is 1.83 bits per heavy atom. The van der Waals surface area contributed by atoms with E-state index >= 15 is 0 Å². The first-order valence-corrected chi connectivity index (χ1v) is 10.7. The molecule has 2 aromatic rings. The summed E-state index contributed by atoms with van der Waals surface area (Å²) in [6.07, 6.45) is 5.08. The molecule has 1 N–H and O–H groups in total. The van der Waals surface area contributed by atoms with Crippen LogP contribution in [0.5, 0.6) is 0 Å². The molecule has 0 bridgehead atoms. The van der Waals surface area contributed by atoms with Crippen LogP contribution in [0.3, 0.4) is 0 Å². The van der Waals surface area contributed by atoms with E-state index in [1.165, 1.54) is 12.1 Å². The lowest BCUT2D eigenvalue weighted by atomic mass is 9.54. The van der Waals surface area contributed by atoms with Crippen molar-refractivity contribution in [2.45, 2.75) is 45.6 Å². The fourth-order valence-electron chi connectivity index (χ4n) is 5.18. The predicted molar refractivity (Wildman–Crippen MR) is 117 cm³/mol. The number of carbonyl (C=O) groups is 1. The molecule has 2 aliphatic rings. The van der Waals surface area contributed by atoms with E-state index in [4.69, 9.17) is 0 Å². The van der Waals surface area contributed by atoms with Crippen molar-refractivity contribution in [3.8, 4) is 11.8 Å². The Bertz CT molecular complexity index is 1040. The highest BCUT2D eigenvalue weighted by atomic mass is 19.1. The largest absolute Gasteiger partial charge is 0.393 e. The van der Waals surface area contributed by atoms with E-state index in [0.29, 0.717) is 12.0 Å². The molecule has 0 heterocycles. The van der Waals surface area contributed by atoms with Gasteiger partial charge in [0.25, 0.3) is 0 Å². The van der Waals surface area contributed by atoms with E-state index < -0.39 is 0 Å². The fraction of sp³-hybridized carbons (Fsp3) is 0.370. The molecule has 0 radical (unpaired) electrons. The number of ketones is 1. The van der Waals surface area contributed by atoms with Gasteiger partial charge < -0.3 is 5.11 Å². The van der Waals surface area contributed by atoms with E-state index in [9.17, 15) is 14.3 Å². The van der Waals surface area contributed by atoms with Crippen molar-refractivity contribution in [2.75, 3.05) is 0 Å². The van der Waals surface area contributed by atoms with Crippen LogP contribution in [0.1, 0.15) is 56.2 Å². The summed E-state index contributed by atoms with van der Waals surface area (Å²) in [5.41, 5.74) is 3.00. The van der Waals surface area contributed by atoms with E-state index in [2.05, 4.69) is 18.8 Å². The number of aliphatic hydroxyl groups excluding tert-OH is 1. The average molecular weight is 403 g/mol. The molecule has 154 valence electrons. The number of halogens is 1. The Labute approximate surface area is 177 Å². The fourth-order valence-corrected chi connectivity index (χ4v) is 5.18. The molecule has 30 heavy (non-hydrogen) atoms. The Hall–Kier alpha value is -2.70. The molecule has 0 amide bonds. The number of fused-ring (bicyclic) bond motifs is 1. The number of aliphatic hydroxyl groups is 1. The number of carbonyl (C=O) groups excluding carboxylic acids is 1. The third-order valence-corrected chi connectivity index (χ3v) is 6.93. The van der Waals surface area contributed by atoms with Gasteiger partial charge in [0, 0.05) is 22.5 Å². The molecule has 2 aliphatic carbocycles. The molecule has 2 nitrogen and oxygen atoms in total. The number of hydrogen-bond acceptors (Lipinski definition) is 2. The maximum Gasteiger partial charge on any atom is 0.161 e. The number of hydrogen-bond donors (Lipinski definition) is 1. The third-order valence-electron chi connectivity index (χ3n) is 6.93. The molecule has 4 rings (SSSR count). The first-order chi connectivity index (χ1) is 14.4. The molecule has 0 aliphatic heterocycles. The zero-order valence-corrected chi connectivity index (χ0v) is 17.5. The van der Waals surface area contributed by atoms with Crippen LogP contribution in [-0.4, -0.2) is 17.0 Å². The van der Waals surface area contributed by atoms with Gasteiger partial charge in [0.15, 0.2) is 5.78 Å². The quantitative estimate of drug-likeness (QED) is 0.513. The van der Waals surface area contributed by atoms with Crippen LogP contribution in [0.25, 0.3) is 6.08 Å². The van der Waals surface area contributed by atoms with Crippen molar-refractivity contribution in [2.24, 2.45) is 17.3 Å². The SMILES string of the molecule is CC1C(=O)/C(=C/c2ccc(C#Cc3cccc(F)c3)cc2)C[C@@]2(C)C1CCC[C@@H]2O. The van der Waals surface area contributed by atoms with Crippen molar-refractivity contribution in [1.82, 2.24) is 0 Å². The summed E-state index contributed by atoms with van der Waals surface area (Å²) in [6.45, 7) is 4.16. The van der Waals surface area contributed by atoms with Gasteiger partial charge in [0.1, 0.15) is 5.82 Å². The summed E-state index contributed by atoms with van der Waals surface area (Å²) < 4.78 is 13.3. The smallest absolute Gasteiger partial charge is 0.161 e. The Balaban J connectivity index is 1.55. The molecule has 3 heteroatoms. The topological polar surface area (TPSA) is 37.3 Å². The monoisotopic (exact) mass is 402 g/mol. The van der Waals surface area contributed by atoms with Crippen molar-refractivity contribution in [1.29, 1.82) is 0 Å². The number of Topliss-reactive ketones (excluding diaryl/α,β-unsaturated/α-hetero) is 1. The number of allylic oxidation sites excluding steroid dienone is 1. The van der Waals surface area contributed by atoms with Crippen molar-refractivity contribution in [3.05, 3.63) is 76.6 Å². The van der Waals surface area contributed by atoms with E-state index in [0.717, 1.165) is 36.0 Å². The van der Waals surface area contributed by atoms with Crippen molar-refractivity contribution in [3.63, 3.8) is 0 Å². The van der Waals surface area contributed by atoms with Gasteiger partial charge in [-0.2, -0.15) is 0 Å². The zero-order chi connectivity index (χ0) is 21.3. The summed E-state index contributed by atoms with van der Waals surface area (Å²) in [5.74, 6) is 6.13. The van der Waals surface area contributed by atoms with E-state index in [1.807, 2.05) is 37.3 Å². The van der Waals surface area contributed by atoms with Gasteiger partial charge in [-0.1, -0.05) is 50.3 Å². The first kappa shape index (κ1) is 20.6. The van der Waals surface area contributed by atoms with Crippen LogP contribution >= 0.6 is 0 Å². The summed E-state index contributed by atoms with van der Waals surface area (Å²) in [6, 6.07) is 14.0. The summed E-state index contributed by atoms with van der Waals surface area (Å²) in [7, 11) is 0. The standard InChI is InChI=1S/C27H27FO2/c1-18-24-7-4-8-25(29)27(24,2)17-22(26(18)30)15-21-13-10-19(11-14-21)9-12-20-5-3-6-23(28)16-20/h3,5-6,10-11,13-16,18,24-25,29H,4,7-8,17H2,1-2H3/b22-15+/t18?,24?,25-,27-/m0/s1. The van der Waals surface area contributed by atoms with Crippen LogP contribution in [-0.2, 0) is 4.79 Å². The molecule has 2 fully saturated rings. The molecular weight excluding hydrogens is 375 g/mol. The highest BCUT2D eigenvalue weighted by molar-refractivity contribution is 6.02. The minimum Gasteiger partial charge on any atom is -0.393 e. The van der Waals surface area contributed by atoms with Crippen molar-refractivity contribution >= 4 is 11.9 Å². The second-order valence-electron chi connectivity index (χ2n) is 8.94.